The fourth-order valence-corrected chi connectivity index (χ4v) is 5.72. The number of piperidine rings is 1. The van der Waals surface area contributed by atoms with E-state index < -0.39 is 15.8 Å². The highest BCUT2D eigenvalue weighted by molar-refractivity contribution is 7.92. The Morgan fingerprint density at radius 3 is 2.46 bits per heavy atom. The molecule has 35 heavy (non-hydrogen) atoms. The zero-order valence-electron chi connectivity index (χ0n) is 19.3. The Labute approximate surface area is 203 Å². The number of H-pyrrole nitrogens is 1. The van der Waals surface area contributed by atoms with Crippen LogP contribution in [0.4, 0.5) is 10.1 Å². The molecule has 2 heterocycles. The van der Waals surface area contributed by atoms with Gasteiger partial charge in [0, 0.05) is 35.8 Å². The number of likely N-dealkylation sites (tertiary alicyclic amines) is 1. The summed E-state index contributed by atoms with van der Waals surface area (Å²) in [6.45, 7) is 2.96. The van der Waals surface area contributed by atoms with Gasteiger partial charge in [-0.25, -0.2) is 12.8 Å². The van der Waals surface area contributed by atoms with E-state index >= 15 is 0 Å². The van der Waals surface area contributed by atoms with Crippen LogP contribution in [0.1, 0.15) is 40.4 Å². The van der Waals surface area contributed by atoms with Gasteiger partial charge in [0.15, 0.2) is 0 Å². The summed E-state index contributed by atoms with van der Waals surface area (Å²) < 4.78 is 42.0. The van der Waals surface area contributed by atoms with Gasteiger partial charge in [-0.15, -0.1) is 0 Å². The average molecular weight is 492 g/mol. The first-order valence-corrected chi connectivity index (χ1v) is 13.0. The van der Waals surface area contributed by atoms with Gasteiger partial charge in [-0.3, -0.25) is 9.52 Å². The van der Waals surface area contributed by atoms with Crippen molar-refractivity contribution >= 4 is 32.5 Å². The van der Waals surface area contributed by atoms with E-state index in [4.69, 9.17) is 0 Å². The predicted octanol–water partition coefficient (Wildman–Crippen LogP) is 5.44. The molecule has 8 heteroatoms. The molecule has 0 bridgehead atoms. The molecule has 0 aliphatic carbocycles. The quantitative estimate of drug-likeness (QED) is 0.390. The van der Waals surface area contributed by atoms with Crippen molar-refractivity contribution in [3.8, 4) is 0 Å². The van der Waals surface area contributed by atoms with Gasteiger partial charge in [0.05, 0.1) is 10.6 Å². The van der Waals surface area contributed by atoms with E-state index in [1.807, 2.05) is 12.1 Å². The number of nitrogens with zero attached hydrogens (tertiary/aromatic N) is 1. The third-order valence-corrected chi connectivity index (χ3v) is 8.00. The monoisotopic (exact) mass is 491 g/mol. The average Bonchev–Trinajstić information content (AvgIpc) is 3.30. The molecule has 1 aromatic heterocycles. The van der Waals surface area contributed by atoms with E-state index in [9.17, 15) is 17.6 Å². The minimum atomic E-state index is -4.06. The topological polar surface area (TPSA) is 82.3 Å². The smallest absolute Gasteiger partial charge is 0.262 e. The van der Waals surface area contributed by atoms with Crippen LogP contribution in [-0.2, 0) is 10.0 Å². The van der Waals surface area contributed by atoms with Crippen molar-refractivity contribution in [1.29, 1.82) is 0 Å². The number of nitrogens with one attached hydrogen (secondary N) is 2. The molecular weight excluding hydrogens is 465 g/mol. The molecular formula is C27H26FN3O3S. The van der Waals surface area contributed by atoms with Crippen molar-refractivity contribution in [3.05, 3.63) is 95.4 Å². The number of carbonyl (C=O) groups excluding carboxylic acids is 1. The molecule has 2 N–H and O–H groups in total. The zero-order valence-corrected chi connectivity index (χ0v) is 20.1. The van der Waals surface area contributed by atoms with E-state index in [1.165, 1.54) is 41.4 Å². The standard InChI is InChI=1S/C27H26FN3O3S/c1-18-10-11-21(35(33,34)30-25-9-5-3-7-23(25)28)17-22(18)27(32)31-14-12-19(13-15-31)26-16-20-6-2-4-8-24(20)29-26/h2-11,16-17,19,29-30H,12-15H2,1H3. The third-order valence-electron chi connectivity index (χ3n) is 6.64. The molecule has 1 saturated heterocycles. The number of sulfonamides is 1. The zero-order chi connectivity index (χ0) is 24.6. The van der Waals surface area contributed by atoms with Crippen molar-refractivity contribution in [2.24, 2.45) is 0 Å². The maximum absolute atomic E-state index is 14.0. The highest BCUT2D eigenvalue weighted by atomic mass is 32.2. The highest BCUT2D eigenvalue weighted by Crippen LogP contribution is 2.31. The first-order chi connectivity index (χ1) is 16.8. The fraction of sp³-hybridized carbons (Fsp3) is 0.222. The first-order valence-electron chi connectivity index (χ1n) is 11.6. The second-order valence-corrected chi connectivity index (χ2v) is 10.6. The number of hydrogen-bond donors (Lipinski definition) is 2. The second kappa shape index (κ2) is 9.19. The summed E-state index contributed by atoms with van der Waals surface area (Å²) in [5, 5.41) is 1.18. The summed E-state index contributed by atoms with van der Waals surface area (Å²) in [5.74, 6) is -0.526. The fourth-order valence-electron chi connectivity index (χ4n) is 4.63. The van der Waals surface area contributed by atoms with Crippen LogP contribution in [0.3, 0.4) is 0 Å². The number of aryl methyl sites for hydroxylation is 1. The van der Waals surface area contributed by atoms with Crippen LogP contribution >= 0.6 is 0 Å². The predicted molar refractivity (Wildman–Crippen MR) is 135 cm³/mol. The molecule has 0 radical (unpaired) electrons. The maximum Gasteiger partial charge on any atom is 0.262 e. The molecule has 0 saturated carbocycles. The lowest BCUT2D eigenvalue weighted by atomic mass is 9.93. The SMILES string of the molecule is Cc1ccc(S(=O)(=O)Nc2ccccc2F)cc1C(=O)N1CCC(c2cc3ccccc3[nH]2)CC1. The Bertz CT molecular complexity index is 1470. The van der Waals surface area contributed by atoms with Crippen LogP contribution in [0.25, 0.3) is 10.9 Å². The Morgan fingerprint density at radius 2 is 1.71 bits per heavy atom. The summed E-state index contributed by atoms with van der Waals surface area (Å²) in [7, 11) is -4.06. The highest BCUT2D eigenvalue weighted by Gasteiger charge is 2.27. The Balaban J connectivity index is 1.31. The summed E-state index contributed by atoms with van der Waals surface area (Å²) in [5.41, 5.74) is 3.18. The number of aromatic nitrogens is 1. The van der Waals surface area contributed by atoms with Gasteiger partial charge in [0.2, 0.25) is 0 Å². The third kappa shape index (κ3) is 4.66. The Hall–Kier alpha value is -3.65. The van der Waals surface area contributed by atoms with Gasteiger partial charge in [-0.1, -0.05) is 36.4 Å². The lowest BCUT2D eigenvalue weighted by molar-refractivity contribution is 0.0711. The van der Waals surface area contributed by atoms with Crippen molar-refractivity contribution < 1.29 is 17.6 Å². The lowest BCUT2D eigenvalue weighted by Gasteiger charge is -2.32. The number of hydrogen-bond acceptors (Lipinski definition) is 3. The van der Waals surface area contributed by atoms with Gasteiger partial charge in [0.1, 0.15) is 5.82 Å². The molecule has 1 fully saturated rings. The van der Waals surface area contributed by atoms with Crippen LogP contribution in [0.5, 0.6) is 0 Å². The maximum atomic E-state index is 14.0. The number of fused-ring (bicyclic) bond motifs is 1. The molecule has 6 nitrogen and oxygen atoms in total. The number of para-hydroxylation sites is 2. The van der Waals surface area contributed by atoms with E-state index in [0.717, 1.165) is 18.4 Å². The van der Waals surface area contributed by atoms with Crippen molar-refractivity contribution in [3.63, 3.8) is 0 Å². The molecule has 0 atom stereocenters. The van der Waals surface area contributed by atoms with Crippen LogP contribution in [0, 0.1) is 12.7 Å². The molecule has 180 valence electrons. The van der Waals surface area contributed by atoms with Gasteiger partial charge < -0.3 is 9.88 Å². The number of rotatable bonds is 5. The number of amides is 1. The van der Waals surface area contributed by atoms with E-state index in [1.54, 1.807) is 24.0 Å². The molecule has 1 aliphatic heterocycles. The van der Waals surface area contributed by atoms with Gasteiger partial charge >= 0.3 is 0 Å². The van der Waals surface area contributed by atoms with Crippen molar-refractivity contribution in [2.45, 2.75) is 30.6 Å². The molecule has 1 amide bonds. The number of benzene rings is 3. The molecule has 3 aromatic carbocycles. The van der Waals surface area contributed by atoms with Crippen molar-refractivity contribution in [1.82, 2.24) is 9.88 Å². The number of anilines is 1. The van der Waals surface area contributed by atoms with Crippen LogP contribution in [0.2, 0.25) is 0 Å². The molecule has 0 unspecified atom stereocenters. The first kappa shape index (κ1) is 23.1. The summed E-state index contributed by atoms with van der Waals surface area (Å²) in [4.78, 5) is 18.5. The molecule has 5 rings (SSSR count). The lowest BCUT2D eigenvalue weighted by Crippen LogP contribution is -2.38. The van der Waals surface area contributed by atoms with Crippen LogP contribution in [0.15, 0.2) is 77.7 Å². The second-order valence-electron chi connectivity index (χ2n) is 8.94. The Kier molecular flexibility index (Phi) is 6.06. The number of aromatic amines is 1. The van der Waals surface area contributed by atoms with Crippen LogP contribution < -0.4 is 4.72 Å². The molecule has 0 spiro atoms. The number of halogens is 1. The summed E-state index contributed by atoms with van der Waals surface area (Å²) in [6.07, 6.45) is 1.65. The summed E-state index contributed by atoms with van der Waals surface area (Å²) in [6, 6.07) is 20.3. The van der Waals surface area contributed by atoms with E-state index in [2.05, 4.69) is 27.9 Å². The van der Waals surface area contributed by atoms with E-state index in [0.29, 0.717) is 30.1 Å². The normalized spacial score (nSPS) is 14.9. The molecule has 1 aliphatic rings. The van der Waals surface area contributed by atoms with Crippen LogP contribution in [-0.4, -0.2) is 37.3 Å². The minimum Gasteiger partial charge on any atom is -0.358 e. The van der Waals surface area contributed by atoms with Gasteiger partial charge in [-0.05, 0) is 67.1 Å². The summed E-state index contributed by atoms with van der Waals surface area (Å²) >= 11 is 0. The van der Waals surface area contributed by atoms with Crippen molar-refractivity contribution in [2.75, 3.05) is 17.8 Å². The Morgan fingerprint density at radius 1 is 1.00 bits per heavy atom. The van der Waals surface area contributed by atoms with Gasteiger partial charge in [0.25, 0.3) is 15.9 Å². The largest absolute Gasteiger partial charge is 0.358 e. The molecule has 4 aromatic rings. The van der Waals surface area contributed by atoms with E-state index in [-0.39, 0.29) is 16.5 Å². The van der Waals surface area contributed by atoms with Gasteiger partial charge in [-0.2, -0.15) is 0 Å². The number of carbonyl (C=O) groups is 1. The minimum absolute atomic E-state index is 0.0809.